The molecule has 0 saturated carbocycles. The highest BCUT2D eigenvalue weighted by Crippen LogP contribution is 2.31. The van der Waals surface area contributed by atoms with E-state index in [1.807, 2.05) is 0 Å². The molecule has 1 aromatic carbocycles. The van der Waals surface area contributed by atoms with Gasteiger partial charge in [-0.15, -0.1) is 0 Å². The van der Waals surface area contributed by atoms with Gasteiger partial charge in [-0.3, -0.25) is 15.1 Å². The Labute approximate surface area is 152 Å². The fourth-order valence-corrected chi connectivity index (χ4v) is 2.52. The van der Waals surface area contributed by atoms with Gasteiger partial charge < -0.3 is 14.3 Å². The van der Waals surface area contributed by atoms with E-state index < -0.39 is 4.92 Å². The zero-order valence-electron chi connectivity index (χ0n) is 13.9. The third-order valence-electron chi connectivity index (χ3n) is 3.84. The van der Waals surface area contributed by atoms with Gasteiger partial charge in [0.15, 0.2) is 0 Å². The van der Waals surface area contributed by atoms with Crippen LogP contribution in [0, 0.1) is 10.1 Å². The van der Waals surface area contributed by atoms with Crippen molar-refractivity contribution in [2.75, 3.05) is 5.32 Å². The summed E-state index contributed by atoms with van der Waals surface area (Å²) in [5.41, 5.74) is 1.48. The van der Waals surface area contributed by atoms with Crippen LogP contribution in [-0.2, 0) is 6.54 Å². The Morgan fingerprint density at radius 3 is 2.70 bits per heavy atom. The van der Waals surface area contributed by atoms with Crippen molar-refractivity contribution in [2.24, 2.45) is 0 Å². The Bertz CT molecular complexity index is 1060. The van der Waals surface area contributed by atoms with Crippen LogP contribution in [0.2, 0.25) is 0 Å². The summed E-state index contributed by atoms with van der Waals surface area (Å²) in [5.74, 6) is 1.26. The molecule has 0 aliphatic rings. The number of anilines is 1. The van der Waals surface area contributed by atoms with E-state index in [1.54, 1.807) is 55.1 Å². The Morgan fingerprint density at radius 2 is 1.96 bits per heavy atom. The first-order chi connectivity index (χ1) is 13.2. The molecule has 4 aromatic rings. The molecule has 0 bridgehead atoms. The average Bonchev–Trinajstić information content (AvgIpc) is 3.39. The summed E-state index contributed by atoms with van der Waals surface area (Å²) < 4.78 is 10.5. The van der Waals surface area contributed by atoms with Crippen LogP contribution in [0.3, 0.4) is 0 Å². The number of benzene rings is 1. The smallest absolute Gasteiger partial charge is 0.293 e. The maximum atomic E-state index is 11.5. The number of hydrogen-bond donors (Lipinski definition) is 1. The van der Waals surface area contributed by atoms with E-state index in [-0.39, 0.29) is 11.5 Å². The van der Waals surface area contributed by atoms with E-state index in [9.17, 15) is 10.1 Å². The van der Waals surface area contributed by atoms with E-state index >= 15 is 0 Å². The molecule has 134 valence electrons. The van der Waals surface area contributed by atoms with Crippen molar-refractivity contribution in [3.63, 3.8) is 0 Å². The molecule has 0 atom stereocenters. The van der Waals surface area contributed by atoms with Gasteiger partial charge in [0.2, 0.25) is 5.82 Å². The first kappa shape index (κ1) is 16.5. The monoisotopic (exact) mass is 363 g/mol. The van der Waals surface area contributed by atoms with Crippen LogP contribution in [0.5, 0.6) is 0 Å². The number of pyridine rings is 1. The number of hydrogen-bond acceptors (Lipinski definition) is 8. The van der Waals surface area contributed by atoms with Gasteiger partial charge in [0.05, 0.1) is 17.7 Å². The van der Waals surface area contributed by atoms with Gasteiger partial charge in [0, 0.05) is 29.6 Å². The van der Waals surface area contributed by atoms with Crippen molar-refractivity contribution < 1.29 is 13.9 Å². The molecule has 0 spiro atoms. The molecular weight excluding hydrogens is 350 g/mol. The van der Waals surface area contributed by atoms with E-state index in [1.165, 1.54) is 6.07 Å². The average molecular weight is 363 g/mol. The molecule has 9 heteroatoms. The lowest BCUT2D eigenvalue weighted by molar-refractivity contribution is -0.383. The molecule has 0 fully saturated rings. The van der Waals surface area contributed by atoms with Crippen molar-refractivity contribution in [2.45, 2.75) is 6.54 Å². The lowest BCUT2D eigenvalue weighted by Gasteiger charge is -2.06. The van der Waals surface area contributed by atoms with Crippen LogP contribution in [0.25, 0.3) is 22.8 Å². The number of nitro groups is 1. The fourth-order valence-electron chi connectivity index (χ4n) is 2.52. The minimum absolute atomic E-state index is 0.0886. The Morgan fingerprint density at radius 1 is 1.11 bits per heavy atom. The predicted octanol–water partition coefficient (Wildman–Crippen LogP) is 3.91. The summed E-state index contributed by atoms with van der Waals surface area (Å²) in [6.07, 6.45) is 4.78. The maximum absolute atomic E-state index is 11.5. The van der Waals surface area contributed by atoms with Crippen molar-refractivity contribution in [3.8, 4) is 22.8 Å². The second-order valence-electron chi connectivity index (χ2n) is 5.58. The quantitative estimate of drug-likeness (QED) is 0.404. The second-order valence-corrected chi connectivity index (χ2v) is 5.58. The number of furan rings is 1. The second kappa shape index (κ2) is 7.08. The molecule has 0 aliphatic heterocycles. The van der Waals surface area contributed by atoms with Crippen molar-refractivity contribution in [3.05, 3.63) is 77.0 Å². The van der Waals surface area contributed by atoms with Gasteiger partial charge >= 0.3 is 0 Å². The molecule has 3 aromatic heterocycles. The highest BCUT2D eigenvalue weighted by Gasteiger charge is 2.18. The van der Waals surface area contributed by atoms with Gasteiger partial charge in [-0.05, 0) is 36.4 Å². The van der Waals surface area contributed by atoms with E-state index in [0.29, 0.717) is 29.4 Å². The summed E-state index contributed by atoms with van der Waals surface area (Å²) in [4.78, 5) is 19.2. The van der Waals surface area contributed by atoms with Crippen molar-refractivity contribution >= 4 is 11.4 Å². The van der Waals surface area contributed by atoms with Crippen LogP contribution in [-0.4, -0.2) is 20.0 Å². The van der Waals surface area contributed by atoms with E-state index in [4.69, 9.17) is 8.94 Å². The van der Waals surface area contributed by atoms with Gasteiger partial charge in [0.1, 0.15) is 11.4 Å². The predicted molar refractivity (Wildman–Crippen MR) is 95.7 cm³/mol. The van der Waals surface area contributed by atoms with Gasteiger partial charge in [-0.2, -0.15) is 4.98 Å². The van der Waals surface area contributed by atoms with Gasteiger partial charge in [0.25, 0.3) is 11.6 Å². The number of nitrogens with one attached hydrogen (secondary N) is 1. The standard InChI is InChI=1S/C18H13N5O4/c24-23(25)16-10-13(3-4-15(16)20-11-14-2-1-9-26-14)17-21-18(27-22-17)12-5-7-19-8-6-12/h1-10,20H,11H2. The Kier molecular flexibility index (Phi) is 4.32. The van der Waals surface area contributed by atoms with E-state index in [0.717, 1.165) is 5.56 Å². The molecule has 1 N–H and O–H groups in total. The number of nitro benzene ring substituents is 1. The van der Waals surface area contributed by atoms with Crippen LogP contribution < -0.4 is 5.32 Å². The van der Waals surface area contributed by atoms with Crippen LogP contribution in [0.1, 0.15) is 5.76 Å². The summed E-state index contributed by atoms with van der Waals surface area (Å²) >= 11 is 0. The first-order valence-electron chi connectivity index (χ1n) is 8.00. The normalized spacial score (nSPS) is 10.7. The highest BCUT2D eigenvalue weighted by molar-refractivity contribution is 5.71. The van der Waals surface area contributed by atoms with Crippen LogP contribution in [0.4, 0.5) is 11.4 Å². The number of rotatable bonds is 6. The molecule has 0 aliphatic carbocycles. The lowest BCUT2D eigenvalue weighted by atomic mass is 10.1. The summed E-state index contributed by atoms with van der Waals surface area (Å²) in [7, 11) is 0. The summed E-state index contributed by atoms with van der Waals surface area (Å²) in [6.45, 7) is 0.335. The first-order valence-corrected chi connectivity index (χ1v) is 8.00. The molecule has 9 nitrogen and oxygen atoms in total. The molecule has 3 heterocycles. The third kappa shape index (κ3) is 3.52. The number of aromatic nitrogens is 3. The minimum Gasteiger partial charge on any atom is -0.467 e. The highest BCUT2D eigenvalue weighted by atomic mass is 16.6. The zero-order chi connectivity index (χ0) is 18.6. The summed E-state index contributed by atoms with van der Waals surface area (Å²) in [6, 6.07) is 11.7. The minimum atomic E-state index is -0.460. The third-order valence-corrected chi connectivity index (χ3v) is 3.84. The Balaban J connectivity index is 1.61. The maximum Gasteiger partial charge on any atom is 0.293 e. The van der Waals surface area contributed by atoms with Crippen molar-refractivity contribution in [1.29, 1.82) is 0 Å². The zero-order valence-corrected chi connectivity index (χ0v) is 13.9. The molecule has 0 amide bonds. The number of nitrogens with zero attached hydrogens (tertiary/aromatic N) is 4. The largest absolute Gasteiger partial charge is 0.467 e. The molecule has 0 radical (unpaired) electrons. The molecule has 0 saturated heterocycles. The van der Waals surface area contributed by atoms with Crippen LogP contribution in [0.15, 0.2) is 70.1 Å². The molecule has 27 heavy (non-hydrogen) atoms. The van der Waals surface area contributed by atoms with Crippen molar-refractivity contribution in [1.82, 2.24) is 15.1 Å². The molecule has 0 unspecified atom stereocenters. The molecular formula is C18H13N5O4. The van der Waals surface area contributed by atoms with Gasteiger partial charge in [-0.25, -0.2) is 0 Å². The van der Waals surface area contributed by atoms with Gasteiger partial charge in [-0.1, -0.05) is 5.16 Å². The topological polar surface area (TPSA) is 120 Å². The van der Waals surface area contributed by atoms with Crippen LogP contribution >= 0.6 is 0 Å². The SMILES string of the molecule is O=[N+]([O-])c1cc(-c2noc(-c3ccncc3)n2)ccc1NCc1ccco1. The molecule has 4 rings (SSSR count). The fraction of sp³-hybridized carbons (Fsp3) is 0.0556. The van der Waals surface area contributed by atoms with E-state index in [2.05, 4.69) is 20.4 Å². The lowest BCUT2D eigenvalue weighted by Crippen LogP contribution is -2.02. The Hall–Kier alpha value is -4.01. The summed E-state index contributed by atoms with van der Waals surface area (Å²) in [5, 5.41) is 18.4.